The minimum absolute atomic E-state index is 0.336. The van der Waals surface area contributed by atoms with Crippen molar-refractivity contribution in [2.24, 2.45) is 0 Å². The van der Waals surface area contributed by atoms with Gasteiger partial charge in [-0.3, -0.25) is 0 Å². The number of hydrogen-bond donors (Lipinski definition) is 0. The molecule has 8 rings (SSSR count). The van der Waals surface area contributed by atoms with Gasteiger partial charge in [0.2, 0.25) is 0 Å². The number of hydrogen-bond acceptors (Lipinski definition) is 8. The first-order valence-corrected chi connectivity index (χ1v) is 22.1. The molecule has 8 nitrogen and oxygen atoms in total. The fraction of sp³-hybridized carbons (Fsp3) is 0.125. The molecule has 58 heavy (non-hydrogen) atoms. The van der Waals surface area contributed by atoms with Gasteiger partial charge in [-0.25, -0.2) is 0 Å². The van der Waals surface area contributed by atoms with Crippen molar-refractivity contribution >= 4 is 15.6 Å². The molecule has 0 heterocycles. The fourth-order valence-corrected chi connectivity index (χ4v) is 9.90. The van der Waals surface area contributed by atoms with E-state index < -0.39 is 15.6 Å². The van der Waals surface area contributed by atoms with Crippen molar-refractivity contribution in [3.8, 4) is 34.5 Å². The van der Waals surface area contributed by atoms with E-state index in [4.69, 9.17) is 27.1 Å². The van der Waals surface area contributed by atoms with Gasteiger partial charge in [-0.05, 0) is 121 Å². The molecule has 292 valence electrons. The second-order valence-corrected chi connectivity index (χ2v) is 16.9. The highest BCUT2D eigenvalue weighted by Crippen LogP contribution is 2.53. The van der Waals surface area contributed by atoms with E-state index >= 15 is 0 Å². The Balaban J connectivity index is 1.08. The molecule has 0 saturated heterocycles. The fourth-order valence-electron chi connectivity index (χ4n) is 7.39. The lowest BCUT2D eigenvalue weighted by molar-refractivity contribution is 0.296. The van der Waals surface area contributed by atoms with Crippen LogP contribution in [0, 0.1) is 0 Å². The zero-order valence-electron chi connectivity index (χ0n) is 31.6. The predicted molar refractivity (Wildman–Crippen MR) is 226 cm³/mol. The summed E-state index contributed by atoms with van der Waals surface area (Å²) < 4.78 is 64.0. The molecule has 1 saturated carbocycles. The zero-order chi connectivity index (χ0) is 39.7. The summed E-state index contributed by atoms with van der Waals surface area (Å²) >= 11 is 0. The van der Waals surface area contributed by atoms with E-state index in [2.05, 4.69) is 24.3 Å². The van der Waals surface area contributed by atoms with Gasteiger partial charge in [-0.2, -0.15) is 9.13 Å². The Morgan fingerprint density at radius 3 is 0.897 bits per heavy atom. The van der Waals surface area contributed by atoms with Gasteiger partial charge >= 0.3 is 15.6 Å². The van der Waals surface area contributed by atoms with Crippen LogP contribution in [0.4, 0.5) is 0 Å². The maximum absolute atomic E-state index is 14.2. The quantitative estimate of drug-likeness (QED) is 0.0946. The summed E-state index contributed by atoms with van der Waals surface area (Å²) in [4.78, 5) is 0. The number of benzene rings is 7. The van der Waals surface area contributed by atoms with Crippen LogP contribution in [-0.2, 0) is 14.5 Å². The first-order valence-electron chi connectivity index (χ1n) is 19.2. The molecule has 0 atom stereocenters. The van der Waals surface area contributed by atoms with Crippen molar-refractivity contribution in [3.63, 3.8) is 0 Å². The summed E-state index contributed by atoms with van der Waals surface area (Å²) in [5.41, 5.74) is 3.11. The summed E-state index contributed by atoms with van der Waals surface area (Å²) in [7, 11) is -8.35. The van der Waals surface area contributed by atoms with Crippen LogP contribution in [0.2, 0.25) is 0 Å². The van der Waals surface area contributed by atoms with Gasteiger partial charge in [0.05, 0.1) is 0 Å². The standard InChI is InChI=1S/C48H42O8P2/c49-57(51-42-18-8-2-9-19-42,52-43-20-10-3-11-21-43)55-46-30-26-40(27-31-46)48(36-34-39(35-37-48)38-16-6-1-7-17-38)41-28-32-47(33-29-41)56-58(50,53-44-22-12-4-13-23-44)54-45-24-14-5-15-25-45/h1-33,39H,34-37H2. The van der Waals surface area contributed by atoms with Crippen LogP contribution >= 0.6 is 15.6 Å². The Kier molecular flexibility index (Phi) is 11.7. The average Bonchev–Trinajstić information content (AvgIpc) is 3.26. The predicted octanol–water partition coefficient (Wildman–Crippen LogP) is 13.6. The molecule has 1 aliphatic rings. The lowest BCUT2D eigenvalue weighted by atomic mass is 9.62. The third-order valence-corrected chi connectivity index (χ3v) is 12.8. The molecule has 1 aliphatic carbocycles. The van der Waals surface area contributed by atoms with Gasteiger partial charge in [0.15, 0.2) is 0 Å². The molecule has 10 heteroatoms. The van der Waals surface area contributed by atoms with Gasteiger partial charge in [0.25, 0.3) is 0 Å². The maximum Gasteiger partial charge on any atom is 0.647 e. The lowest BCUT2D eigenvalue weighted by Gasteiger charge is -2.41. The van der Waals surface area contributed by atoms with Crippen LogP contribution < -0.4 is 27.1 Å². The molecular weight excluding hydrogens is 766 g/mol. The topological polar surface area (TPSA) is 89.5 Å². The highest BCUT2D eigenvalue weighted by atomic mass is 31.2. The van der Waals surface area contributed by atoms with Crippen LogP contribution in [0.3, 0.4) is 0 Å². The number of phosphoric acid groups is 2. The lowest BCUT2D eigenvalue weighted by Crippen LogP contribution is -2.32. The number of rotatable bonds is 15. The Labute approximate surface area is 339 Å². The summed E-state index contributed by atoms with van der Waals surface area (Å²) in [6.45, 7) is 0. The van der Waals surface area contributed by atoms with Gasteiger partial charge in [-0.15, -0.1) is 0 Å². The molecule has 0 N–H and O–H groups in total. The van der Waals surface area contributed by atoms with Crippen molar-refractivity contribution in [1.29, 1.82) is 0 Å². The largest absolute Gasteiger partial charge is 0.647 e. The zero-order valence-corrected chi connectivity index (χ0v) is 33.4. The first kappa shape index (κ1) is 38.7. The molecule has 7 aromatic rings. The van der Waals surface area contributed by atoms with E-state index in [0.717, 1.165) is 36.8 Å². The van der Waals surface area contributed by atoms with E-state index in [9.17, 15) is 9.13 Å². The average molecular weight is 809 g/mol. The van der Waals surface area contributed by atoms with Crippen LogP contribution in [0.5, 0.6) is 34.5 Å². The van der Waals surface area contributed by atoms with E-state index in [1.165, 1.54) is 5.56 Å². The van der Waals surface area contributed by atoms with E-state index in [-0.39, 0.29) is 5.41 Å². The van der Waals surface area contributed by atoms with Crippen molar-refractivity contribution in [2.75, 3.05) is 0 Å². The van der Waals surface area contributed by atoms with Crippen LogP contribution in [-0.4, -0.2) is 0 Å². The molecule has 0 amide bonds. The van der Waals surface area contributed by atoms with Crippen LogP contribution in [0.25, 0.3) is 0 Å². The SMILES string of the molecule is O=P(Oc1ccccc1)(Oc1ccccc1)Oc1ccc(C2(c3ccc(OP(=O)(Oc4ccccc4)Oc4ccccc4)cc3)CCC(c3ccccc3)CC2)cc1. The van der Waals surface area contributed by atoms with Crippen molar-refractivity contribution < 1.29 is 36.3 Å². The Morgan fingerprint density at radius 1 is 0.345 bits per heavy atom. The van der Waals surface area contributed by atoms with Crippen LogP contribution in [0.1, 0.15) is 48.3 Å². The van der Waals surface area contributed by atoms with Gasteiger partial charge in [-0.1, -0.05) is 127 Å². The smallest absolute Gasteiger partial charge is 0.386 e. The normalized spacial score (nSPS) is 14.1. The second-order valence-electron chi connectivity index (χ2n) is 14.0. The van der Waals surface area contributed by atoms with E-state index in [1.54, 1.807) is 97.1 Å². The molecule has 0 aliphatic heterocycles. The van der Waals surface area contributed by atoms with Gasteiger partial charge in [0.1, 0.15) is 34.5 Å². The highest BCUT2D eigenvalue weighted by molar-refractivity contribution is 7.50. The monoisotopic (exact) mass is 808 g/mol. The molecule has 0 bridgehead atoms. The van der Waals surface area contributed by atoms with Gasteiger partial charge in [0, 0.05) is 5.41 Å². The minimum atomic E-state index is -4.17. The molecule has 0 unspecified atom stereocenters. The Bertz CT molecular complexity index is 2200. The molecular formula is C48H42O8P2. The maximum atomic E-state index is 14.2. The summed E-state index contributed by atoms with van der Waals surface area (Å²) in [6.07, 6.45) is 3.67. The molecule has 0 aromatic heterocycles. The second kappa shape index (κ2) is 17.5. The van der Waals surface area contributed by atoms with E-state index in [0.29, 0.717) is 40.4 Å². The third kappa shape index (κ3) is 9.49. The highest BCUT2D eigenvalue weighted by Gasteiger charge is 2.40. The van der Waals surface area contributed by atoms with Crippen molar-refractivity contribution in [1.82, 2.24) is 0 Å². The number of para-hydroxylation sites is 4. The van der Waals surface area contributed by atoms with Crippen LogP contribution in [0.15, 0.2) is 200 Å². The Morgan fingerprint density at radius 2 is 0.603 bits per heavy atom. The molecule has 7 aromatic carbocycles. The van der Waals surface area contributed by atoms with Gasteiger partial charge < -0.3 is 27.1 Å². The summed E-state index contributed by atoms with van der Waals surface area (Å²) in [6, 6.07) is 61.3. The van der Waals surface area contributed by atoms with E-state index in [1.807, 2.05) is 78.9 Å². The summed E-state index contributed by atoms with van der Waals surface area (Å²) in [5.74, 6) is 2.52. The third-order valence-electron chi connectivity index (χ3n) is 10.2. The first-order chi connectivity index (χ1) is 28.4. The summed E-state index contributed by atoms with van der Waals surface area (Å²) in [5, 5.41) is 0. The Hall–Kier alpha value is -6.20. The molecule has 0 radical (unpaired) electrons. The van der Waals surface area contributed by atoms with Crippen molar-refractivity contribution in [3.05, 3.63) is 217 Å². The molecule has 0 spiro atoms. The minimum Gasteiger partial charge on any atom is -0.386 e. The molecule has 1 fully saturated rings. The number of phosphoric ester groups is 2. The van der Waals surface area contributed by atoms with Crippen molar-refractivity contribution in [2.45, 2.75) is 37.0 Å².